The molecule has 1 rings (SSSR count). The maximum absolute atomic E-state index is 12.6. The van der Waals surface area contributed by atoms with Gasteiger partial charge in [0.1, 0.15) is 4.60 Å². The number of rotatable bonds is 2. The van der Waals surface area contributed by atoms with Gasteiger partial charge in [-0.25, -0.2) is 22.2 Å². The first-order chi connectivity index (χ1) is 7.27. The Morgan fingerprint density at radius 2 is 2.12 bits per heavy atom. The van der Waals surface area contributed by atoms with E-state index in [2.05, 4.69) is 20.9 Å². The van der Waals surface area contributed by atoms with Crippen LogP contribution in [-0.2, 0) is 9.05 Å². The molecule has 1 aromatic heterocycles. The molecule has 16 heavy (non-hydrogen) atoms. The van der Waals surface area contributed by atoms with Crippen molar-refractivity contribution in [1.82, 2.24) is 4.98 Å². The molecule has 9 heteroatoms. The van der Waals surface area contributed by atoms with Gasteiger partial charge in [0, 0.05) is 10.7 Å². The van der Waals surface area contributed by atoms with E-state index < -0.39 is 31.6 Å². The highest BCUT2D eigenvalue weighted by molar-refractivity contribution is 9.10. The number of alkyl halides is 2. The van der Waals surface area contributed by atoms with Crippen molar-refractivity contribution in [2.45, 2.75) is 11.5 Å². The summed E-state index contributed by atoms with van der Waals surface area (Å²) in [7, 11) is 0.521. The van der Waals surface area contributed by atoms with Crippen LogP contribution >= 0.6 is 26.6 Å². The zero-order valence-electron chi connectivity index (χ0n) is 7.29. The van der Waals surface area contributed by atoms with Gasteiger partial charge in [-0.15, -0.1) is 0 Å². The van der Waals surface area contributed by atoms with Crippen LogP contribution in [0.5, 0.6) is 0 Å². The van der Waals surface area contributed by atoms with Gasteiger partial charge in [-0.2, -0.15) is 5.26 Å². The smallest absolute Gasteiger partial charge is 0.227 e. The average molecular weight is 332 g/mol. The van der Waals surface area contributed by atoms with E-state index in [-0.39, 0.29) is 4.60 Å². The Kier molecular flexibility index (Phi) is 3.83. The quantitative estimate of drug-likeness (QED) is 0.617. The molecule has 0 saturated heterocycles. The van der Waals surface area contributed by atoms with Gasteiger partial charge in [0.15, 0.2) is 5.03 Å². The largest absolute Gasteiger partial charge is 0.279 e. The van der Waals surface area contributed by atoms with E-state index in [9.17, 15) is 17.2 Å². The minimum atomic E-state index is -4.43. The first-order valence-electron chi connectivity index (χ1n) is 3.60. The lowest BCUT2D eigenvalue weighted by Crippen LogP contribution is -2.05. The molecule has 0 aliphatic rings. The summed E-state index contributed by atoms with van der Waals surface area (Å²) in [5.41, 5.74) is -1.48. The Balaban J connectivity index is 3.73. The molecule has 0 aliphatic carbocycles. The predicted octanol–water partition coefficient (Wildman–Crippen LogP) is 2.58. The molecule has 0 aliphatic heterocycles. The lowest BCUT2D eigenvalue weighted by molar-refractivity contribution is 0.146. The van der Waals surface area contributed by atoms with Gasteiger partial charge in [-0.3, -0.25) is 0 Å². The molecule has 0 amide bonds. The van der Waals surface area contributed by atoms with Crippen LogP contribution in [0.3, 0.4) is 0 Å². The zero-order valence-corrected chi connectivity index (χ0v) is 10.4. The Morgan fingerprint density at radius 1 is 1.56 bits per heavy atom. The van der Waals surface area contributed by atoms with Gasteiger partial charge in [-0.1, -0.05) is 0 Å². The van der Waals surface area contributed by atoms with Gasteiger partial charge >= 0.3 is 0 Å². The van der Waals surface area contributed by atoms with Crippen molar-refractivity contribution in [3.8, 4) is 6.07 Å². The van der Waals surface area contributed by atoms with Crippen molar-refractivity contribution in [3.63, 3.8) is 0 Å². The summed E-state index contributed by atoms with van der Waals surface area (Å²) in [6, 6.07) is 2.45. The Hall–Kier alpha value is -0.780. The summed E-state index contributed by atoms with van der Waals surface area (Å²) >= 11 is 2.80. The van der Waals surface area contributed by atoms with E-state index in [1.54, 1.807) is 0 Å². The van der Waals surface area contributed by atoms with E-state index in [1.807, 2.05) is 0 Å². The fraction of sp³-hybridized carbons (Fsp3) is 0.143. The van der Waals surface area contributed by atoms with E-state index in [0.717, 1.165) is 6.07 Å². The number of pyridine rings is 1. The summed E-state index contributed by atoms with van der Waals surface area (Å²) in [4.78, 5) is 3.34. The summed E-state index contributed by atoms with van der Waals surface area (Å²) < 4.78 is 47.2. The fourth-order valence-corrected chi connectivity index (χ4v) is 2.54. The molecule has 0 aromatic carbocycles. The molecular formula is C7H2BrClF2N2O2S. The zero-order chi connectivity index (χ0) is 12.5. The van der Waals surface area contributed by atoms with Crippen LogP contribution in [0.15, 0.2) is 15.7 Å². The number of hydrogen-bond acceptors (Lipinski definition) is 4. The van der Waals surface area contributed by atoms with E-state index >= 15 is 0 Å². The van der Waals surface area contributed by atoms with Crippen LogP contribution in [0.1, 0.15) is 17.6 Å². The maximum atomic E-state index is 12.6. The molecule has 1 aromatic rings. The third-order valence-corrected chi connectivity index (χ3v) is 3.18. The Bertz CT molecular complexity index is 570. The third kappa shape index (κ3) is 2.66. The molecule has 0 bridgehead atoms. The fourth-order valence-electron chi connectivity index (χ4n) is 0.991. The Morgan fingerprint density at radius 3 is 2.50 bits per heavy atom. The third-order valence-electron chi connectivity index (χ3n) is 1.56. The van der Waals surface area contributed by atoms with Crippen LogP contribution in [0.2, 0.25) is 0 Å². The molecule has 1 heterocycles. The first kappa shape index (κ1) is 13.3. The first-order valence-corrected chi connectivity index (χ1v) is 6.71. The van der Waals surface area contributed by atoms with Crippen LogP contribution < -0.4 is 0 Å². The van der Waals surface area contributed by atoms with Crippen molar-refractivity contribution in [1.29, 1.82) is 5.26 Å². The van der Waals surface area contributed by atoms with Crippen molar-refractivity contribution in [2.24, 2.45) is 0 Å². The standard InChI is InChI=1S/C7H2BrClF2N2O2S/c8-4-1-3(2-12)5(6(10)11)7(13-4)16(9,14)15/h1,6H. The normalized spacial score (nSPS) is 11.5. The van der Waals surface area contributed by atoms with Crippen LogP contribution in [0.4, 0.5) is 8.78 Å². The molecule has 0 atom stereocenters. The van der Waals surface area contributed by atoms with Gasteiger partial charge in [0.05, 0.1) is 17.2 Å². The second kappa shape index (κ2) is 4.61. The summed E-state index contributed by atoms with van der Waals surface area (Å²) in [6.45, 7) is 0. The monoisotopic (exact) mass is 330 g/mol. The number of nitriles is 1. The highest BCUT2D eigenvalue weighted by Crippen LogP contribution is 2.31. The van der Waals surface area contributed by atoms with Gasteiger partial charge in [0.2, 0.25) is 0 Å². The van der Waals surface area contributed by atoms with Crippen molar-refractivity contribution in [3.05, 3.63) is 21.8 Å². The molecule has 0 N–H and O–H groups in total. The molecule has 0 fully saturated rings. The summed E-state index contributed by atoms with van der Waals surface area (Å²) in [5, 5.41) is 7.61. The van der Waals surface area contributed by atoms with Crippen LogP contribution in [0.25, 0.3) is 0 Å². The SMILES string of the molecule is N#Cc1cc(Br)nc(S(=O)(=O)Cl)c1C(F)F. The van der Waals surface area contributed by atoms with Crippen LogP contribution in [0, 0.1) is 11.3 Å². The van der Waals surface area contributed by atoms with E-state index in [0.29, 0.717) is 0 Å². The molecule has 86 valence electrons. The second-order valence-electron chi connectivity index (χ2n) is 2.56. The molecule has 0 unspecified atom stereocenters. The number of nitrogens with zero attached hydrogens (tertiary/aromatic N) is 2. The van der Waals surface area contributed by atoms with Crippen molar-refractivity contribution in [2.75, 3.05) is 0 Å². The number of hydrogen-bond donors (Lipinski definition) is 0. The van der Waals surface area contributed by atoms with Crippen molar-refractivity contribution >= 4 is 35.7 Å². The minimum absolute atomic E-state index is 0.0623. The molecule has 4 nitrogen and oxygen atoms in total. The predicted molar refractivity (Wildman–Crippen MR) is 54.6 cm³/mol. The molecular weight excluding hydrogens is 330 g/mol. The highest BCUT2D eigenvalue weighted by atomic mass is 79.9. The maximum Gasteiger partial charge on any atom is 0.279 e. The van der Waals surface area contributed by atoms with E-state index in [1.165, 1.54) is 6.07 Å². The lowest BCUT2D eigenvalue weighted by Gasteiger charge is -2.07. The number of aromatic nitrogens is 1. The summed E-state index contributed by atoms with van der Waals surface area (Å²) in [6.07, 6.45) is -3.15. The van der Waals surface area contributed by atoms with Gasteiger partial charge < -0.3 is 0 Å². The van der Waals surface area contributed by atoms with Crippen LogP contribution in [-0.4, -0.2) is 13.4 Å². The topological polar surface area (TPSA) is 70.8 Å². The lowest BCUT2D eigenvalue weighted by atomic mass is 10.2. The second-order valence-corrected chi connectivity index (χ2v) is 5.86. The molecule has 0 spiro atoms. The van der Waals surface area contributed by atoms with Gasteiger partial charge in [0.25, 0.3) is 15.5 Å². The van der Waals surface area contributed by atoms with E-state index in [4.69, 9.17) is 15.9 Å². The minimum Gasteiger partial charge on any atom is -0.227 e. The highest BCUT2D eigenvalue weighted by Gasteiger charge is 2.27. The number of halogens is 4. The Labute approximate surface area is 102 Å². The van der Waals surface area contributed by atoms with Gasteiger partial charge in [-0.05, 0) is 22.0 Å². The van der Waals surface area contributed by atoms with Crippen molar-refractivity contribution < 1.29 is 17.2 Å². The average Bonchev–Trinajstić information content (AvgIpc) is 2.14. The molecule has 0 saturated carbocycles. The summed E-state index contributed by atoms with van der Waals surface area (Å²) in [5.74, 6) is 0. The molecule has 0 radical (unpaired) electrons.